The highest BCUT2D eigenvalue weighted by molar-refractivity contribution is 7.80. The van der Waals surface area contributed by atoms with E-state index in [1.165, 1.54) is 5.69 Å². The molecule has 2 aromatic rings. The van der Waals surface area contributed by atoms with Crippen LogP contribution in [-0.2, 0) is 6.42 Å². The summed E-state index contributed by atoms with van der Waals surface area (Å²) >= 11 is 4.84. The molecule has 1 aliphatic carbocycles. The summed E-state index contributed by atoms with van der Waals surface area (Å²) < 4.78 is 6.02. The Morgan fingerprint density at radius 2 is 1.90 bits per heavy atom. The van der Waals surface area contributed by atoms with Gasteiger partial charge in [-0.1, -0.05) is 18.2 Å². The van der Waals surface area contributed by atoms with Crippen molar-refractivity contribution < 1.29 is 9.21 Å². The Labute approximate surface area is 175 Å². The van der Waals surface area contributed by atoms with Gasteiger partial charge in [0.2, 0.25) is 0 Å². The van der Waals surface area contributed by atoms with Crippen molar-refractivity contribution >= 4 is 34.6 Å². The first-order valence-corrected chi connectivity index (χ1v) is 10.3. The lowest BCUT2D eigenvalue weighted by atomic mass is 9.93. The van der Waals surface area contributed by atoms with Crippen LogP contribution in [0.4, 0.5) is 5.69 Å². The fourth-order valence-electron chi connectivity index (χ4n) is 4.06. The van der Waals surface area contributed by atoms with Gasteiger partial charge in [0.15, 0.2) is 10.9 Å². The zero-order valence-electron chi connectivity index (χ0n) is 16.5. The van der Waals surface area contributed by atoms with Crippen molar-refractivity contribution in [2.45, 2.75) is 26.2 Å². The number of hydrogen-bond acceptors (Lipinski definition) is 5. The minimum Gasteiger partial charge on any atom is -0.455 e. The van der Waals surface area contributed by atoms with E-state index in [-0.39, 0.29) is 11.0 Å². The summed E-state index contributed by atoms with van der Waals surface area (Å²) in [6, 6.07) is 10.3. The van der Waals surface area contributed by atoms with Gasteiger partial charge in [-0.3, -0.25) is 10.2 Å². The molecule has 2 heterocycles. The second kappa shape index (κ2) is 8.24. The summed E-state index contributed by atoms with van der Waals surface area (Å²) in [7, 11) is 0. The number of carbonyl (C=O) groups excluding carboxylic acids is 1. The molecule has 0 bridgehead atoms. The van der Waals surface area contributed by atoms with Crippen LogP contribution in [0.1, 0.15) is 40.3 Å². The highest BCUT2D eigenvalue weighted by Crippen LogP contribution is 2.31. The van der Waals surface area contributed by atoms with E-state index in [9.17, 15) is 4.79 Å². The molecule has 0 atom stereocenters. The maximum atomic E-state index is 13.2. The lowest BCUT2D eigenvalue weighted by molar-refractivity contribution is 0.0711. The number of nitrogens with one attached hydrogen (secondary N) is 1. The van der Waals surface area contributed by atoms with Gasteiger partial charge in [-0.2, -0.15) is 5.10 Å². The molecule has 8 heteroatoms. The van der Waals surface area contributed by atoms with Gasteiger partial charge in [0, 0.05) is 49.4 Å². The fraction of sp³-hybridized carbons (Fsp3) is 0.381. The molecule has 3 N–H and O–H groups in total. The smallest absolute Gasteiger partial charge is 0.289 e. The summed E-state index contributed by atoms with van der Waals surface area (Å²) in [6.45, 7) is 4.88. The molecule has 1 aliphatic heterocycles. The minimum atomic E-state index is -0.0498. The summed E-state index contributed by atoms with van der Waals surface area (Å²) in [5, 5.41) is 4.45. The number of benzene rings is 1. The van der Waals surface area contributed by atoms with Gasteiger partial charge < -0.3 is 20.0 Å². The van der Waals surface area contributed by atoms with Crippen LogP contribution >= 0.6 is 12.2 Å². The second-order valence-electron chi connectivity index (χ2n) is 7.36. The molecule has 0 spiro atoms. The van der Waals surface area contributed by atoms with Crippen LogP contribution in [0.2, 0.25) is 0 Å². The third-order valence-electron chi connectivity index (χ3n) is 5.51. The molecule has 1 aromatic heterocycles. The number of hydrazone groups is 1. The molecular formula is C21H25N5O2S. The first-order chi connectivity index (χ1) is 14.0. The van der Waals surface area contributed by atoms with Crippen LogP contribution in [-0.4, -0.2) is 47.8 Å². The highest BCUT2D eigenvalue weighted by atomic mass is 32.1. The van der Waals surface area contributed by atoms with E-state index < -0.39 is 0 Å². The van der Waals surface area contributed by atoms with E-state index in [0.29, 0.717) is 18.8 Å². The molecular weight excluding hydrogens is 386 g/mol. The number of nitrogens with zero attached hydrogens (tertiary/aromatic N) is 3. The van der Waals surface area contributed by atoms with Gasteiger partial charge in [-0.05, 0) is 44.1 Å². The van der Waals surface area contributed by atoms with Gasteiger partial charge in [0.25, 0.3) is 5.91 Å². The number of aryl methyl sites for hydroxylation is 1. The Morgan fingerprint density at radius 3 is 2.59 bits per heavy atom. The van der Waals surface area contributed by atoms with Crippen molar-refractivity contribution in [3.63, 3.8) is 0 Å². The third kappa shape index (κ3) is 3.98. The van der Waals surface area contributed by atoms with Gasteiger partial charge >= 0.3 is 0 Å². The van der Waals surface area contributed by atoms with Crippen molar-refractivity contribution in [3.05, 3.63) is 53.0 Å². The average Bonchev–Trinajstić information content (AvgIpc) is 3.09. The molecule has 1 fully saturated rings. The molecule has 0 radical (unpaired) electrons. The van der Waals surface area contributed by atoms with Crippen molar-refractivity contribution in [3.8, 4) is 0 Å². The number of thiocarbonyl (C=S) groups is 1. The molecule has 152 valence electrons. The van der Waals surface area contributed by atoms with E-state index in [4.69, 9.17) is 22.4 Å². The summed E-state index contributed by atoms with van der Waals surface area (Å²) in [5.74, 6) is 1.20. The summed E-state index contributed by atoms with van der Waals surface area (Å²) in [4.78, 5) is 17.3. The maximum absolute atomic E-state index is 13.2. The van der Waals surface area contributed by atoms with Gasteiger partial charge in [0.1, 0.15) is 5.76 Å². The number of fused-ring (bicyclic) bond motifs is 1. The highest BCUT2D eigenvalue weighted by Gasteiger charge is 2.31. The van der Waals surface area contributed by atoms with Crippen molar-refractivity contribution in [1.82, 2.24) is 10.3 Å². The number of anilines is 1. The first-order valence-electron chi connectivity index (χ1n) is 9.88. The minimum absolute atomic E-state index is 0.0498. The van der Waals surface area contributed by atoms with Crippen molar-refractivity contribution in [2.24, 2.45) is 10.8 Å². The lowest BCUT2D eigenvalue weighted by Gasteiger charge is -2.35. The maximum Gasteiger partial charge on any atom is 0.289 e. The predicted molar refractivity (Wildman–Crippen MR) is 117 cm³/mol. The SMILES string of the molecule is Cc1c(C(=O)N2CCN(c3ccccc3)CC2)oc2c1/C(=N/NC(N)=S)CCC2. The number of piperazine rings is 1. The molecule has 7 nitrogen and oxygen atoms in total. The third-order valence-corrected chi connectivity index (χ3v) is 5.60. The van der Waals surface area contributed by atoms with Gasteiger partial charge in [-0.15, -0.1) is 0 Å². The van der Waals surface area contributed by atoms with E-state index in [2.05, 4.69) is 27.6 Å². The standard InChI is InChI=1S/C21H25N5O2S/c1-14-18-16(23-24-21(22)29)8-5-9-17(18)28-19(14)20(27)26-12-10-25(11-13-26)15-6-3-2-4-7-15/h2-4,6-7H,5,8-13H2,1H3,(H3,22,24,29)/b23-16+. The lowest BCUT2D eigenvalue weighted by Crippen LogP contribution is -2.48. The number of rotatable bonds is 3. The average molecular weight is 412 g/mol. The first kappa shape index (κ1) is 19.4. The zero-order chi connectivity index (χ0) is 20.4. The molecule has 1 saturated heterocycles. The molecule has 0 unspecified atom stereocenters. The Bertz CT molecular complexity index is 945. The Kier molecular flexibility index (Phi) is 5.53. The summed E-state index contributed by atoms with van der Waals surface area (Å²) in [5.41, 5.74) is 12.0. The fourth-order valence-corrected chi connectivity index (χ4v) is 4.10. The van der Waals surface area contributed by atoms with Crippen LogP contribution in [0.3, 0.4) is 0 Å². The van der Waals surface area contributed by atoms with E-state index in [0.717, 1.165) is 55.0 Å². The van der Waals surface area contributed by atoms with Crippen molar-refractivity contribution in [1.29, 1.82) is 0 Å². The number of carbonyl (C=O) groups is 1. The molecule has 29 heavy (non-hydrogen) atoms. The van der Waals surface area contributed by atoms with Crippen LogP contribution in [0.15, 0.2) is 39.9 Å². The van der Waals surface area contributed by atoms with Crippen LogP contribution in [0.25, 0.3) is 0 Å². The molecule has 2 aliphatic rings. The number of hydrogen-bond donors (Lipinski definition) is 2. The molecule has 4 rings (SSSR count). The van der Waals surface area contributed by atoms with Crippen LogP contribution in [0.5, 0.6) is 0 Å². The predicted octanol–water partition coefficient (Wildman–Crippen LogP) is 2.42. The van der Waals surface area contributed by atoms with E-state index in [1.54, 1.807) is 0 Å². The number of para-hydroxylation sites is 1. The van der Waals surface area contributed by atoms with Gasteiger partial charge in [0.05, 0.1) is 5.71 Å². The quantitative estimate of drug-likeness (QED) is 0.596. The molecule has 1 aromatic carbocycles. The number of amides is 1. The Hall–Kier alpha value is -2.87. The Morgan fingerprint density at radius 1 is 1.17 bits per heavy atom. The van der Waals surface area contributed by atoms with Crippen LogP contribution in [0, 0.1) is 6.92 Å². The molecule has 1 amide bonds. The number of nitrogens with two attached hydrogens (primary N) is 1. The van der Waals surface area contributed by atoms with E-state index in [1.807, 2.05) is 30.0 Å². The van der Waals surface area contributed by atoms with Crippen molar-refractivity contribution in [2.75, 3.05) is 31.1 Å². The normalized spacial score (nSPS) is 17.9. The molecule has 0 saturated carbocycles. The topological polar surface area (TPSA) is 87.1 Å². The van der Waals surface area contributed by atoms with Crippen LogP contribution < -0.4 is 16.1 Å². The zero-order valence-corrected chi connectivity index (χ0v) is 17.3. The largest absolute Gasteiger partial charge is 0.455 e. The summed E-state index contributed by atoms with van der Waals surface area (Å²) in [6.07, 6.45) is 2.52. The van der Waals surface area contributed by atoms with Gasteiger partial charge in [-0.25, -0.2) is 0 Å². The number of furan rings is 1. The Balaban J connectivity index is 1.50. The monoisotopic (exact) mass is 411 g/mol. The van der Waals surface area contributed by atoms with E-state index >= 15 is 0 Å². The second-order valence-corrected chi connectivity index (χ2v) is 7.80.